The maximum atomic E-state index is 13.5. The summed E-state index contributed by atoms with van der Waals surface area (Å²) < 4.78 is 15.8. The quantitative estimate of drug-likeness (QED) is 0.486. The van der Waals surface area contributed by atoms with Gasteiger partial charge >= 0.3 is 5.69 Å². The molecule has 0 saturated heterocycles. The lowest BCUT2D eigenvalue weighted by Gasteiger charge is -2.15. The number of hydrogen-bond acceptors (Lipinski definition) is 5. The second-order valence-electron chi connectivity index (χ2n) is 6.76. The molecular weight excluding hydrogens is 397 g/mol. The maximum absolute atomic E-state index is 13.5. The Bertz CT molecular complexity index is 1290. The van der Waals surface area contributed by atoms with Crippen molar-refractivity contribution in [1.82, 2.24) is 24.1 Å². The fourth-order valence-corrected chi connectivity index (χ4v) is 3.32. The molecule has 0 radical (unpaired) electrons. The van der Waals surface area contributed by atoms with Crippen molar-refractivity contribution in [2.45, 2.75) is 32.2 Å². The summed E-state index contributed by atoms with van der Waals surface area (Å²) in [6, 6.07) is 1.77. The SMILES string of the molecule is C#CCn1c(C)c(-c2ncc(F)c(Cl)n2)c(=O)n(-c2cncc(C3CC3)c2)c1=O. The third-order valence-corrected chi connectivity index (χ3v) is 5.10. The van der Waals surface area contributed by atoms with E-state index in [1.54, 1.807) is 19.2 Å². The van der Waals surface area contributed by atoms with E-state index in [9.17, 15) is 14.0 Å². The van der Waals surface area contributed by atoms with Crippen LogP contribution in [0.25, 0.3) is 17.1 Å². The van der Waals surface area contributed by atoms with E-state index in [1.807, 2.05) is 0 Å². The van der Waals surface area contributed by atoms with E-state index < -0.39 is 22.2 Å². The van der Waals surface area contributed by atoms with Gasteiger partial charge < -0.3 is 0 Å². The molecule has 3 aromatic heterocycles. The van der Waals surface area contributed by atoms with Gasteiger partial charge in [0.15, 0.2) is 16.8 Å². The summed E-state index contributed by atoms with van der Waals surface area (Å²) >= 11 is 5.77. The van der Waals surface area contributed by atoms with Gasteiger partial charge in [-0.05, 0) is 37.3 Å². The van der Waals surface area contributed by atoms with Crippen LogP contribution in [0.2, 0.25) is 5.15 Å². The van der Waals surface area contributed by atoms with E-state index in [2.05, 4.69) is 20.9 Å². The van der Waals surface area contributed by atoms with Crippen molar-refractivity contribution in [2.24, 2.45) is 0 Å². The zero-order valence-corrected chi connectivity index (χ0v) is 16.1. The summed E-state index contributed by atoms with van der Waals surface area (Å²) in [4.78, 5) is 38.3. The van der Waals surface area contributed by atoms with Crippen molar-refractivity contribution in [3.63, 3.8) is 0 Å². The smallest absolute Gasteiger partial charge is 0.285 e. The Kier molecular flexibility index (Phi) is 4.76. The lowest BCUT2D eigenvalue weighted by molar-refractivity contribution is 0.614. The van der Waals surface area contributed by atoms with Gasteiger partial charge in [-0.25, -0.2) is 23.7 Å². The lowest BCUT2D eigenvalue weighted by atomic mass is 10.1. The molecule has 0 aliphatic heterocycles. The van der Waals surface area contributed by atoms with E-state index >= 15 is 0 Å². The molecule has 0 unspecified atom stereocenters. The standard InChI is InChI=1S/C20H15ClFN5O2/c1-3-6-26-11(2)16(18-24-10-15(22)17(21)25-18)19(28)27(20(26)29)14-7-13(8-23-9-14)12-4-5-12/h1,7-10,12H,4-6H2,2H3. The molecule has 146 valence electrons. The third kappa shape index (κ3) is 3.34. The Labute approximate surface area is 169 Å². The molecule has 0 aromatic carbocycles. The minimum absolute atomic E-state index is 0.0126. The predicted octanol–water partition coefficient (Wildman–Crippen LogP) is 2.46. The van der Waals surface area contributed by atoms with Gasteiger partial charge in [0, 0.05) is 11.9 Å². The normalized spacial score (nSPS) is 13.3. The Balaban J connectivity index is 2.03. The third-order valence-electron chi connectivity index (χ3n) is 4.83. The molecule has 7 nitrogen and oxygen atoms in total. The Morgan fingerprint density at radius 2 is 2.07 bits per heavy atom. The number of hydrogen-bond donors (Lipinski definition) is 0. The number of halogens is 2. The summed E-state index contributed by atoms with van der Waals surface area (Å²) in [6.45, 7) is 1.49. The maximum Gasteiger partial charge on any atom is 0.336 e. The monoisotopic (exact) mass is 411 g/mol. The molecule has 0 bridgehead atoms. The van der Waals surface area contributed by atoms with Crippen LogP contribution in [0.4, 0.5) is 4.39 Å². The van der Waals surface area contributed by atoms with E-state index in [4.69, 9.17) is 18.0 Å². The van der Waals surface area contributed by atoms with Crippen molar-refractivity contribution in [1.29, 1.82) is 0 Å². The predicted molar refractivity (Wildman–Crippen MR) is 106 cm³/mol. The molecule has 0 atom stereocenters. The van der Waals surface area contributed by atoms with Gasteiger partial charge in [0.05, 0.1) is 24.6 Å². The van der Waals surface area contributed by atoms with Crippen LogP contribution in [0.3, 0.4) is 0 Å². The first kappa shape index (κ1) is 19.0. The van der Waals surface area contributed by atoms with Gasteiger partial charge in [-0.1, -0.05) is 17.5 Å². The van der Waals surface area contributed by atoms with Gasteiger partial charge in [0.1, 0.15) is 5.56 Å². The highest BCUT2D eigenvalue weighted by molar-refractivity contribution is 6.29. The Hall–Kier alpha value is -3.31. The van der Waals surface area contributed by atoms with Gasteiger partial charge in [0.25, 0.3) is 5.56 Å². The molecule has 0 N–H and O–H groups in total. The molecule has 1 fully saturated rings. The fourth-order valence-electron chi connectivity index (χ4n) is 3.19. The fraction of sp³-hybridized carbons (Fsp3) is 0.250. The molecular formula is C20H15ClFN5O2. The van der Waals surface area contributed by atoms with Crippen LogP contribution in [-0.2, 0) is 6.54 Å². The minimum Gasteiger partial charge on any atom is -0.285 e. The molecule has 9 heteroatoms. The van der Waals surface area contributed by atoms with Crippen LogP contribution in [0.5, 0.6) is 0 Å². The number of nitrogens with zero attached hydrogens (tertiary/aromatic N) is 5. The van der Waals surface area contributed by atoms with Crippen molar-refractivity contribution in [3.05, 3.63) is 67.7 Å². The number of aromatic nitrogens is 5. The first-order valence-corrected chi connectivity index (χ1v) is 9.23. The van der Waals surface area contributed by atoms with Crippen LogP contribution in [0.1, 0.15) is 30.0 Å². The number of terminal acetylenes is 1. The highest BCUT2D eigenvalue weighted by atomic mass is 35.5. The number of pyridine rings is 1. The highest BCUT2D eigenvalue weighted by Gasteiger charge is 2.26. The summed E-state index contributed by atoms with van der Waals surface area (Å²) in [5, 5.41) is -0.424. The van der Waals surface area contributed by atoms with Crippen LogP contribution in [-0.4, -0.2) is 24.1 Å². The molecule has 3 heterocycles. The minimum atomic E-state index is -0.813. The van der Waals surface area contributed by atoms with Crippen LogP contribution < -0.4 is 11.2 Å². The largest absolute Gasteiger partial charge is 0.336 e. The molecule has 1 aliphatic rings. The second kappa shape index (κ2) is 7.26. The lowest BCUT2D eigenvalue weighted by Crippen LogP contribution is -2.41. The molecule has 0 amide bonds. The van der Waals surface area contributed by atoms with E-state index in [0.29, 0.717) is 11.6 Å². The molecule has 1 aliphatic carbocycles. The average molecular weight is 412 g/mol. The summed E-state index contributed by atoms with van der Waals surface area (Å²) in [5.74, 6) is 1.89. The van der Waals surface area contributed by atoms with E-state index in [0.717, 1.165) is 29.2 Å². The Morgan fingerprint density at radius 3 is 2.72 bits per heavy atom. The molecule has 1 saturated carbocycles. The second-order valence-corrected chi connectivity index (χ2v) is 7.11. The van der Waals surface area contributed by atoms with Crippen LogP contribution in [0.15, 0.2) is 34.2 Å². The first-order valence-electron chi connectivity index (χ1n) is 8.86. The topological polar surface area (TPSA) is 82.7 Å². The summed E-state index contributed by atoms with van der Waals surface area (Å²) in [6.07, 6.45) is 11.5. The van der Waals surface area contributed by atoms with Gasteiger partial charge in [0.2, 0.25) is 0 Å². The zero-order chi connectivity index (χ0) is 20.7. The van der Waals surface area contributed by atoms with E-state index in [-0.39, 0.29) is 23.6 Å². The summed E-state index contributed by atoms with van der Waals surface area (Å²) in [5.41, 5.74) is 0.308. The molecule has 3 aromatic rings. The first-order chi connectivity index (χ1) is 13.9. The molecule has 4 rings (SSSR count). The van der Waals surface area contributed by atoms with Gasteiger partial charge in [-0.2, -0.15) is 0 Å². The van der Waals surface area contributed by atoms with Crippen molar-refractivity contribution in [3.8, 4) is 29.4 Å². The molecule has 29 heavy (non-hydrogen) atoms. The van der Waals surface area contributed by atoms with Crippen molar-refractivity contribution in [2.75, 3.05) is 0 Å². The van der Waals surface area contributed by atoms with Gasteiger partial charge in [-0.3, -0.25) is 14.3 Å². The highest BCUT2D eigenvalue weighted by Crippen LogP contribution is 2.40. The van der Waals surface area contributed by atoms with Crippen LogP contribution in [0, 0.1) is 25.1 Å². The van der Waals surface area contributed by atoms with Gasteiger partial charge in [-0.15, -0.1) is 6.42 Å². The Morgan fingerprint density at radius 1 is 1.31 bits per heavy atom. The summed E-state index contributed by atoms with van der Waals surface area (Å²) in [7, 11) is 0. The average Bonchev–Trinajstić information content (AvgIpc) is 3.54. The zero-order valence-electron chi connectivity index (χ0n) is 15.4. The van der Waals surface area contributed by atoms with Crippen LogP contribution >= 0.6 is 11.6 Å². The van der Waals surface area contributed by atoms with Crippen molar-refractivity contribution < 1.29 is 4.39 Å². The van der Waals surface area contributed by atoms with Crippen molar-refractivity contribution >= 4 is 11.6 Å². The molecule has 0 spiro atoms. The van der Waals surface area contributed by atoms with E-state index in [1.165, 1.54) is 10.8 Å². The number of rotatable bonds is 4.